The first-order chi connectivity index (χ1) is 9.36. The van der Waals surface area contributed by atoms with E-state index in [0.717, 1.165) is 24.2 Å². The van der Waals surface area contributed by atoms with Crippen LogP contribution in [0.25, 0.3) is 0 Å². The molecule has 0 radical (unpaired) electrons. The second-order valence-electron chi connectivity index (χ2n) is 7.90. The maximum absolute atomic E-state index is 3.85. The van der Waals surface area contributed by atoms with Gasteiger partial charge >= 0.3 is 0 Å². The van der Waals surface area contributed by atoms with Crippen molar-refractivity contribution >= 4 is 0 Å². The van der Waals surface area contributed by atoms with Gasteiger partial charge in [-0.2, -0.15) is 0 Å². The van der Waals surface area contributed by atoms with E-state index in [9.17, 15) is 0 Å². The third kappa shape index (κ3) is 5.46. The van der Waals surface area contributed by atoms with Crippen molar-refractivity contribution in [1.29, 1.82) is 0 Å². The normalized spacial score (nSPS) is 29.2. The zero-order valence-electron chi connectivity index (χ0n) is 14.5. The lowest BCUT2D eigenvalue weighted by atomic mass is 9.62. The molecule has 0 aromatic rings. The van der Waals surface area contributed by atoms with Crippen LogP contribution in [0.2, 0.25) is 0 Å². The van der Waals surface area contributed by atoms with Crippen LogP contribution in [-0.2, 0) is 0 Å². The Morgan fingerprint density at radius 3 is 2.55 bits per heavy atom. The summed E-state index contributed by atoms with van der Waals surface area (Å²) in [6, 6.07) is 0. The van der Waals surface area contributed by atoms with Gasteiger partial charge in [-0.1, -0.05) is 65.7 Å². The van der Waals surface area contributed by atoms with Gasteiger partial charge in [0.25, 0.3) is 0 Å². The first-order valence-electron chi connectivity index (χ1n) is 8.66. The van der Waals surface area contributed by atoms with E-state index >= 15 is 0 Å². The van der Waals surface area contributed by atoms with Crippen molar-refractivity contribution in [2.24, 2.45) is 29.1 Å². The predicted molar refractivity (Wildman–Crippen MR) is 91.8 cm³/mol. The molecule has 1 fully saturated rings. The molecule has 4 atom stereocenters. The smallest absolute Gasteiger partial charge is 0.0230 e. The topological polar surface area (TPSA) is 0 Å². The standard InChI is InChI=1S/C20H36/c1-7-16(2)10-8-11-17(3)13-14-19-18(4)12-9-15-20(19,5)6/h7-8,11,16-19H,1,9-10,12-15H2,2-6H3/b11-8+. The van der Waals surface area contributed by atoms with Crippen molar-refractivity contribution < 1.29 is 0 Å². The van der Waals surface area contributed by atoms with Crippen LogP contribution in [0.4, 0.5) is 0 Å². The third-order valence-electron chi connectivity index (χ3n) is 5.48. The molecule has 0 N–H and O–H groups in total. The van der Waals surface area contributed by atoms with E-state index in [1.165, 1.54) is 32.1 Å². The van der Waals surface area contributed by atoms with Crippen molar-refractivity contribution in [3.63, 3.8) is 0 Å². The zero-order valence-corrected chi connectivity index (χ0v) is 14.5. The second-order valence-corrected chi connectivity index (χ2v) is 7.90. The largest absolute Gasteiger partial charge is 0.103 e. The SMILES string of the molecule is C=CC(C)C/C=C/C(C)CCC1C(C)CCCC1(C)C. The number of hydrogen-bond donors (Lipinski definition) is 0. The van der Waals surface area contributed by atoms with Gasteiger partial charge in [0.15, 0.2) is 0 Å². The maximum Gasteiger partial charge on any atom is -0.0230 e. The lowest BCUT2D eigenvalue weighted by molar-refractivity contribution is 0.0725. The van der Waals surface area contributed by atoms with E-state index in [1.54, 1.807) is 0 Å². The van der Waals surface area contributed by atoms with Gasteiger partial charge in [0.2, 0.25) is 0 Å². The van der Waals surface area contributed by atoms with E-state index < -0.39 is 0 Å². The Morgan fingerprint density at radius 1 is 1.25 bits per heavy atom. The van der Waals surface area contributed by atoms with Gasteiger partial charge in [-0.15, -0.1) is 6.58 Å². The maximum atomic E-state index is 3.85. The highest BCUT2D eigenvalue weighted by Gasteiger charge is 2.36. The van der Waals surface area contributed by atoms with Crippen molar-refractivity contribution in [1.82, 2.24) is 0 Å². The monoisotopic (exact) mass is 276 g/mol. The lowest BCUT2D eigenvalue weighted by Gasteiger charge is -2.43. The molecule has 0 aliphatic heterocycles. The molecule has 0 saturated heterocycles. The molecule has 0 bridgehead atoms. The Hall–Kier alpha value is -0.520. The molecule has 0 heteroatoms. The second kappa shape index (κ2) is 8.05. The fourth-order valence-electron chi connectivity index (χ4n) is 3.87. The van der Waals surface area contributed by atoms with E-state index in [1.807, 2.05) is 6.08 Å². The number of rotatable bonds is 7. The highest BCUT2D eigenvalue weighted by atomic mass is 14.4. The molecule has 0 nitrogen and oxygen atoms in total. The lowest BCUT2D eigenvalue weighted by Crippen LogP contribution is -2.33. The number of allylic oxidation sites excluding steroid dienone is 3. The Kier molecular flexibility index (Phi) is 7.06. The van der Waals surface area contributed by atoms with Crippen LogP contribution in [0, 0.1) is 29.1 Å². The van der Waals surface area contributed by atoms with Crippen LogP contribution in [0.3, 0.4) is 0 Å². The van der Waals surface area contributed by atoms with Gasteiger partial charge in [-0.3, -0.25) is 0 Å². The van der Waals surface area contributed by atoms with Crippen LogP contribution < -0.4 is 0 Å². The van der Waals surface area contributed by atoms with Crippen LogP contribution in [0.1, 0.15) is 73.1 Å². The molecule has 0 aromatic carbocycles. The van der Waals surface area contributed by atoms with Crippen molar-refractivity contribution in [2.75, 3.05) is 0 Å². The first-order valence-corrected chi connectivity index (χ1v) is 8.66. The summed E-state index contributed by atoms with van der Waals surface area (Å²) in [5.41, 5.74) is 0.554. The molecule has 4 unspecified atom stereocenters. The summed E-state index contributed by atoms with van der Waals surface area (Å²) >= 11 is 0. The van der Waals surface area contributed by atoms with Gasteiger partial charge < -0.3 is 0 Å². The van der Waals surface area contributed by atoms with Gasteiger partial charge in [-0.05, 0) is 54.8 Å². The van der Waals surface area contributed by atoms with Gasteiger partial charge in [-0.25, -0.2) is 0 Å². The summed E-state index contributed by atoms with van der Waals surface area (Å²) in [5.74, 6) is 3.16. The summed E-state index contributed by atoms with van der Waals surface area (Å²) < 4.78 is 0. The molecule has 20 heavy (non-hydrogen) atoms. The average Bonchev–Trinajstić information content (AvgIpc) is 2.37. The Bertz CT molecular complexity index is 310. The zero-order chi connectivity index (χ0) is 15.2. The minimum atomic E-state index is 0.554. The third-order valence-corrected chi connectivity index (χ3v) is 5.48. The Morgan fingerprint density at radius 2 is 1.95 bits per heavy atom. The van der Waals surface area contributed by atoms with Crippen LogP contribution in [-0.4, -0.2) is 0 Å². The molecule has 0 heterocycles. The molecular formula is C20H36. The summed E-state index contributed by atoms with van der Waals surface area (Å²) in [6.07, 6.45) is 15.0. The van der Waals surface area contributed by atoms with E-state index in [4.69, 9.17) is 0 Å². The summed E-state index contributed by atoms with van der Waals surface area (Å²) in [5, 5.41) is 0. The fourth-order valence-corrected chi connectivity index (χ4v) is 3.87. The highest BCUT2D eigenvalue weighted by molar-refractivity contribution is 4.92. The van der Waals surface area contributed by atoms with Crippen molar-refractivity contribution in [2.45, 2.75) is 73.1 Å². The molecule has 116 valence electrons. The van der Waals surface area contributed by atoms with Gasteiger partial charge in [0.1, 0.15) is 0 Å². The highest BCUT2D eigenvalue weighted by Crippen LogP contribution is 2.46. The van der Waals surface area contributed by atoms with Gasteiger partial charge in [0.05, 0.1) is 0 Å². The molecule has 1 aliphatic rings. The molecule has 1 saturated carbocycles. The Balaban J connectivity index is 2.39. The molecular weight excluding hydrogens is 240 g/mol. The summed E-state index contributed by atoms with van der Waals surface area (Å²) in [6.45, 7) is 15.9. The van der Waals surface area contributed by atoms with Crippen LogP contribution in [0.5, 0.6) is 0 Å². The van der Waals surface area contributed by atoms with E-state index in [0.29, 0.717) is 11.3 Å². The number of hydrogen-bond acceptors (Lipinski definition) is 0. The Labute approximate surface area is 127 Å². The minimum Gasteiger partial charge on any atom is -0.103 e. The molecule has 0 aromatic heterocycles. The molecule has 0 amide bonds. The van der Waals surface area contributed by atoms with E-state index in [-0.39, 0.29) is 0 Å². The van der Waals surface area contributed by atoms with Crippen LogP contribution in [0.15, 0.2) is 24.8 Å². The molecule has 1 rings (SSSR count). The van der Waals surface area contributed by atoms with Crippen molar-refractivity contribution in [3.8, 4) is 0 Å². The predicted octanol–water partition coefficient (Wildman–Crippen LogP) is 6.63. The quantitative estimate of drug-likeness (QED) is 0.457. The van der Waals surface area contributed by atoms with Crippen LogP contribution >= 0.6 is 0 Å². The van der Waals surface area contributed by atoms with Gasteiger partial charge in [0, 0.05) is 0 Å². The molecule has 1 aliphatic carbocycles. The molecule has 0 spiro atoms. The minimum absolute atomic E-state index is 0.554. The summed E-state index contributed by atoms with van der Waals surface area (Å²) in [4.78, 5) is 0. The fraction of sp³-hybridized carbons (Fsp3) is 0.800. The van der Waals surface area contributed by atoms with E-state index in [2.05, 4.69) is 53.3 Å². The first kappa shape index (κ1) is 17.5. The van der Waals surface area contributed by atoms with Crippen molar-refractivity contribution in [3.05, 3.63) is 24.8 Å². The summed E-state index contributed by atoms with van der Waals surface area (Å²) in [7, 11) is 0. The average molecular weight is 277 g/mol.